The molecule has 24 heavy (non-hydrogen) atoms. The van der Waals surface area contributed by atoms with Crippen molar-refractivity contribution in [1.29, 1.82) is 0 Å². The Balaban J connectivity index is 2.02. The van der Waals surface area contributed by atoms with Crippen LogP contribution in [0.2, 0.25) is 0 Å². The van der Waals surface area contributed by atoms with Gasteiger partial charge < -0.3 is 15.7 Å². The first kappa shape index (κ1) is 18.0. The van der Waals surface area contributed by atoms with E-state index in [9.17, 15) is 5.11 Å². The quantitative estimate of drug-likeness (QED) is 0.557. The van der Waals surface area contributed by atoms with Crippen molar-refractivity contribution in [3.63, 3.8) is 0 Å². The summed E-state index contributed by atoms with van der Waals surface area (Å²) in [5.41, 5.74) is 2.16. The van der Waals surface area contributed by atoms with Crippen LogP contribution in [0.4, 0.5) is 0 Å². The summed E-state index contributed by atoms with van der Waals surface area (Å²) in [4.78, 5) is 4.61. The first-order valence-corrected chi connectivity index (χ1v) is 8.20. The lowest BCUT2D eigenvalue weighted by Crippen LogP contribution is -2.44. The van der Waals surface area contributed by atoms with Crippen LogP contribution in [0.5, 0.6) is 0 Å². The molecule has 0 aliphatic heterocycles. The van der Waals surface area contributed by atoms with E-state index in [1.54, 1.807) is 17.8 Å². The molecule has 0 radical (unpaired) electrons. The van der Waals surface area contributed by atoms with Crippen LogP contribution in [0, 0.1) is 6.92 Å². The van der Waals surface area contributed by atoms with Crippen molar-refractivity contribution >= 4 is 5.96 Å². The smallest absolute Gasteiger partial charge is 0.191 e. The lowest BCUT2D eigenvalue weighted by Gasteiger charge is -2.23. The van der Waals surface area contributed by atoms with Gasteiger partial charge in [-0.25, -0.2) is 4.99 Å². The normalized spacial score (nSPS) is 14.3. The van der Waals surface area contributed by atoms with Gasteiger partial charge in [0, 0.05) is 25.4 Å². The Labute approximate surface area is 143 Å². The number of aromatic nitrogens is 2. The third-order valence-corrected chi connectivity index (χ3v) is 3.94. The largest absolute Gasteiger partial charge is 0.383 e. The monoisotopic (exact) mass is 329 g/mol. The highest BCUT2D eigenvalue weighted by atomic mass is 16.3. The molecule has 1 unspecified atom stereocenters. The Morgan fingerprint density at radius 2 is 2.08 bits per heavy atom. The number of nitrogens with zero attached hydrogens (tertiary/aromatic N) is 3. The van der Waals surface area contributed by atoms with E-state index < -0.39 is 5.60 Å². The zero-order valence-corrected chi connectivity index (χ0v) is 14.9. The van der Waals surface area contributed by atoms with Gasteiger partial charge in [-0.15, -0.1) is 0 Å². The molecule has 0 aliphatic carbocycles. The minimum atomic E-state index is -1.02. The van der Waals surface area contributed by atoms with Gasteiger partial charge in [-0.05, 0) is 31.9 Å². The predicted molar refractivity (Wildman–Crippen MR) is 96.8 cm³/mol. The third-order valence-electron chi connectivity index (χ3n) is 3.94. The minimum Gasteiger partial charge on any atom is -0.383 e. The molecule has 0 bridgehead atoms. The summed E-state index contributed by atoms with van der Waals surface area (Å²) in [5, 5.41) is 21.2. The van der Waals surface area contributed by atoms with E-state index in [0.717, 1.165) is 12.1 Å². The van der Waals surface area contributed by atoms with Gasteiger partial charge in [0.25, 0.3) is 0 Å². The molecule has 0 aliphatic rings. The average molecular weight is 329 g/mol. The highest BCUT2D eigenvalue weighted by Crippen LogP contribution is 2.18. The first-order chi connectivity index (χ1) is 11.4. The number of nitrogens with one attached hydrogen (secondary N) is 2. The number of guanidine groups is 1. The number of aliphatic imine (C=N–C) groups is 1. The standard InChI is InChI=1S/C18H27N5O/c1-5-19-17(20-10-15-9-7-6-8-14(15)2)21-13-18(3,24)16-11-22-23(4)12-16/h6-9,11-12,24H,5,10,13H2,1-4H3,(H2,19,20,21). The fourth-order valence-corrected chi connectivity index (χ4v) is 2.35. The zero-order valence-electron chi connectivity index (χ0n) is 14.9. The van der Waals surface area contributed by atoms with E-state index in [1.165, 1.54) is 11.1 Å². The van der Waals surface area contributed by atoms with Crippen LogP contribution < -0.4 is 10.6 Å². The van der Waals surface area contributed by atoms with Crippen molar-refractivity contribution < 1.29 is 5.11 Å². The number of aryl methyl sites for hydroxylation is 2. The Hall–Kier alpha value is -2.34. The molecule has 130 valence electrons. The van der Waals surface area contributed by atoms with Crippen molar-refractivity contribution in [3.05, 3.63) is 53.3 Å². The van der Waals surface area contributed by atoms with Crippen LogP contribution in [-0.4, -0.2) is 33.9 Å². The second-order valence-electron chi connectivity index (χ2n) is 6.15. The Morgan fingerprint density at radius 3 is 2.71 bits per heavy atom. The Bertz CT molecular complexity index is 690. The Morgan fingerprint density at radius 1 is 1.33 bits per heavy atom. The third kappa shape index (κ3) is 4.83. The van der Waals surface area contributed by atoms with Gasteiger partial charge in [0.1, 0.15) is 5.60 Å². The summed E-state index contributed by atoms with van der Waals surface area (Å²) >= 11 is 0. The molecule has 0 spiro atoms. The van der Waals surface area contributed by atoms with E-state index in [1.807, 2.05) is 32.3 Å². The van der Waals surface area contributed by atoms with E-state index in [-0.39, 0.29) is 0 Å². The van der Waals surface area contributed by atoms with Crippen molar-refractivity contribution in [3.8, 4) is 0 Å². The maximum atomic E-state index is 10.6. The highest BCUT2D eigenvalue weighted by molar-refractivity contribution is 5.79. The second-order valence-corrected chi connectivity index (χ2v) is 6.15. The predicted octanol–water partition coefficient (Wildman–Crippen LogP) is 1.69. The summed E-state index contributed by atoms with van der Waals surface area (Å²) in [5.74, 6) is 0.685. The molecule has 3 N–H and O–H groups in total. The maximum Gasteiger partial charge on any atom is 0.191 e. The molecule has 6 heteroatoms. The second kappa shape index (κ2) is 7.97. The number of aliphatic hydroxyl groups is 1. The molecule has 6 nitrogen and oxygen atoms in total. The lowest BCUT2D eigenvalue weighted by atomic mass is 10.00. The van der Waals surface area contributed by atoms with E-state index in [4.69, 9.17) is 0 Å². The topological polar surface area (TPSA) is 74.5 Å². The SMILES string of the molecule is CCNC(=NCc1ccccc1C)NCC(C)(O)c1cnn(C)c1. The van der Waals surface area contributed by atoms with Gasteiger partial charge in [-0.3, -0.25) is 4.68 Å². The van der Waals surface area contributed by atoms with Crippen LogP contribution in [0.15, 0.2) is 41.7 Å². The van der Waals surface area contributed by atoms with Crippen LogP contribution in [0.3, 0.4) is 0 Å². The molecule has 1 atom stereocenters. The van der Waals surface area contributed by atoms with Crippen molar-refractivity contribution in [2.75, 3.05) is 13.1 Å². The molecule has 0 amide bonds. The fourth-order valence-electron chi connectivity index (χ4n) is 2.35. The average Bonchev–Trinajstić information content (AvgIpc) is 2.99. The Kier molecular flexibility index (Phi) is 5.98. The van der Waals surface area contributed by atoms with Gasteiger partial charge in [-0.1, -0.05) is 24.3 Å². The highest BCUT2D eigenvalue weighted by Gasteiger charge is 2.24. The number of rotatable bonds is 6. The summed E-state index contributed by atoms with van der Waals surface area (Å²) < 4.78 is 1.68. The summed E-state index contributed by atoms with van der Waals surface area (Å²) in [6, 6.07) is 8.20. The number of hydrogen-bond donors (Lipinski definition) is 3. The lowest BCUT2D eigenvalue weighted by molar-refractivity contribution is 0.0616. The first-order valence-electron chi connectivity index (χ1n) is 8.20. The fraction of sp³-hybridized carbons (Fsp3) is 0.444. The molecule has 1 aromatic carbocycles. The van der Waals surface area contributed by atoms with Crippen LogP contribution in [0.1, 0.15) is 30.5 Å². The molecule has 0 saturated heterocycles. The van der Waals surface area contributed by atoms with Gasteiger partial charge in [0.2, 0.25) is 0 Å². The van der Waals surface area contributed by atoms with Crippen molar-refractivity contribution in [2.24, 2.45) is 12.0 Å². The van der Waals surface area contributed by atoms with Gasteiger partial charge in [0.05, 0.1) is 19.3 Å². The maximum absolute atomic E-state index is 10.6. The molecule has 0 saturated carbocycles. The van der Waals surface area contributed by atoms with Gasteiger partial charge in [0.15, 0.2) is 5.96 Å². The van der Waals surface area contributed by atoms with Crippen LogP contribution in [0.25, 0.3) is 0 Å². The minimum absolute atomic E-state index is 0.346. The van der Waals surface area contributed by atoms with E-state index in [0.29, 0.717) is 19.0 Å². The summed E-state index contributed by atoms with van der Waals surface area (Å²) in [6.45, 7) is 7.56. The van der Waals surface area contributed by atoms with E-state index in [2.05, 4.69) is 39.8 Å². The van der Waals surface area contributed by atoms with Gasteiger partial charge >= 0.3 is 0 Å². The molecular formula is C18H27N5O. The number of benzene rings is 1. The molecule has 2 rings (SSSR count). The van der Waals surface area contributed by atoms with Crippen LogP contribution >= 0.6 is 0 Å². The number of hydrogen-bond acceptors (Lipinski definition) is 3. The van der Waals surface area contributed by atoms with Crippen molar-refractivity contribution in [2.45, 2.75) is 32.9 Å². The molecule has 0 fully saturated rings. The summed E-state index contributed by atoms with van der Waals surface area (Å²) in [7, 11) is 1.83. The molecule has 1 heterocycles. The zero-order chi connectivity index (χ0) is 17.6. The van der Waals surface area contributed by atoms with Crippen molar-refractivity contribution in [1.82, 2.24) is 20.4 Å². The van der Waals surface area contributed by atoms with Gasteiger partial charge in [-0.2, -0.15) is 5.10 Å². The summed E-state index contributed by atoms with van der Waals surface area (Å²) in [6.07, 6.45) is 3.50. The molecule has 1 aromatic heterocycles. The molecule has 2 aromatic rings. The molecular weight excluding hydrogens is 302 g/mol. The van der Waals surface area contributed by atoms with E-state index >= 15 is 0 Å². The van der Waals surface area contributed by atoms with Crippen LogP contribution in [-0.2, 0) is 19.2 Å².